The van der Waals surface area contributed by atoms with E-state index in [-0.39, 0.29) is 11.0 Å². The molecule has 1 N–H and O–H groups in total. The lowest BCUT2D eigenvalue weighted by atomic mass is 10.2. The lowest BCUT2D eigenvalue weighted by Gasteiger charge is -2.35. The van der Waals surface area contributed by atoms with Crippen molar-refractivity contribution in [3.05, 3.63) is 12.7 Å². The zero-order chi connectivity index (χ0) is 19.6. The van der Waals surface area contributed by atoms with E-state index in [0.717, 1.165) is 14.1 Å². The molecule has 24 heavy (non-hydrogen) atoms. The average Bonchev–Trinajstić information content (AvgIpc) is 2.39. The zero-order valence-electron chi connectivity index (χ0n) is 12.1. The van der Waals surface area contributed by atoms with Crippen LogP contribution in [-0.2, 0) is 29.2 Å². The quantitative estimate of drug-likeness (QED) is 0.224. The Morgan fingerprint density at radius 1 is 1.21 bits per heavy atom. The van der Waals surface area contributed by atoms with Gasteiger partial charge >= 0.3 is 39.2 Å². The third-order valence-corrected chi connectivity index (χ3v) is 3.17. The summed E-state index contributed by atoms with van der Waals surface area (Å²) < 4.78 is 102. The SMILES string of the molecule is C=CC(=O)OC(OCC(F)(F)S(=O)(=O)O)(C(=O)N(C)C)C(F)(F)F. The van der Waals surface area contributed by atoms with E-state index in [1.807, 2.05) is 0 Å². The van der Waals surface area contributed by atoms with Crippen molar-refractivity contribution >= 4 is 22.0 Å². The Bertz CT molecular complexity index is 616. The normalized spacial score (nSPS) is 15.3. The van der Waals surface area contributed by atoms with Crippen LogP contribution in [0.4, 0.5) is 22.0 Å². The Morgan fingerprint density at radius 3 is 1.96 bits per heavy atom. The average molecular weight is 385 g/mol. The van der Waals surface area contributed by atoms with Crippen molar-refractivity contribution in [3.8, 4) is 0 Å². The van der Waals surface area contributed by atoms with Crippen molar-refractivity contribution < 1.29 is 54.0 Å². The van der Waals surface area contributed by atoms with Gasteiger partial charge in [0.1, 0.15) is 6.61 Å². The van der Waals surface area contributed by atoms with E-state index in [1.54, 1.807) is 0 Å². The number of rotatable bonds is 7. The fourth-order valence-corrected chi connectivity index (χ4v) is 1.34. The number of hydrogen-bond acceptors (Lipinski definition) is 6. The molecule has 0 spiro atoms. The highest BCUT2D eigenvalue weighted by molar-refractivity contribution is 7.86. The Morgan fingerprint density at radius 2 is 1.67 bits per heavy atom. The number of esters is 1. The highest BCUT2D eigenvalue weighted by Gasteiger charge is 2.68. The summed E-state index contributed by atoms with van der Waals surface area (Å²) in [5.41, 5.74) is 0. The molecule has 0 fully saturated rings. The summed E-state index contributed by atoms with van der Waals surface area (Å²) in [7, 11) is -4.64. The largest absolute Gasteiger partial charge is 0.466 e. The van der Waals surface area contributed by atoms with Crippen molar-refractivity contribution in [1.82, 2.24) is 4.90 Å². The highest BCUT2D eigenvalue weighted by atomic mass is 32.2. The predicted molar refractivity (Wildman–Crippen MR) is 66.2 cm³/mol. The van der Waals surface area contributed by atoms with Crippen molar-refractivity contribution in [2.45, 2.75) is 17.2 Å². The summed E-state index contributed by atoms with van der Waals surface area (Å²) in [5.74, 6) is -8.58. The number of ether oxygens (including phenoxy) is 2. The molecular weight excluding hydrogens is 373 g/mol. The number of alkyl halides is 5. The molecule has 0 aliphatic rings. The number of hydrogen-bond donors (Lipinski definition) is 1. The van der Waals surface area contributed by atoms with Crippen LogP contribution in [0.25, 0.3) is 0 Å². The van der Waals surface area contributed by atoms with E-state index in [0.29, 0.717) is 0 Å². The molecule has 14 heteroatoms. The van der Waals surface area contributed by atoms with Crippen LogP contribution in [-0.4, -0.2) is 67.7 Å². The van der Waals surface area contributed by atoms with Gasteiger partial charge < -0.3 is 14.4 Å². The molecule has 0 aromatic heterocycles. The molecule has 0 aliphatic carbocycles. The van der Waals surface area contributed by atoms with Crippen LogP contribution >= 0.6 is 0 Å². The first kappa shape index (κ1) is 22.2. The summed E-state index contributed by atoms with van der Waals surface area (Å²) in [6.07, 6.45) is -5.68. The smallest absolute Gasteiger partial charge is 0.412 e. The standard InChI is InChI=1S/C10H12F5NO7S/c1-4-6(17)23-9(10(13,14)15,7(18)16(2)3)22-5-8(11,12)24(19,20)21/h4H,1,5H2,2-3H3,(H,19,20,21). The molecule has 0 rings (SSSR count). The van der Waals surface area contributed by atoms with E-state index < -0.39 is 45.8 Å². The molecule has 140 valence electrons. The maximum Gasteiger partial charge on any atom is 0.466 e. The predicted octanol–water partition coefficient (Wildman–Crippen LogP) is 0.560. The van der Waals surface area contributed by atoms with Crippen LogP contribution in [0.5, 0.6) is 0 Å². The molecule has 0 bridgehead atoms. The summed E-state index contributed by atoms with van der Waals surface area (Å²) in [5, 5.41) is -5.21. The molecule has 1 atom stereocenters. The van der Waals surface area contributed by atoms with E-state index >= 15 is 0 Å². The fourth-order valence-electron chi connectivity index (χ4n) is 1.13. The third kappa shape index (κ3) is 4.61. The molecule has 1 unspecified atom stereocenters. The van der Waals surface area contributed by atoms with Gasteiger partial charge in [0.2, 0.25) is 0 Å². The van der Waals surface area contributed by atoms with Crippen molar-refractivity contribution in [2.24, 2.45) is 0 Å². The number of halogens is 5. The third-order valence-electron chi connectivity index (χ3n) is 2.29. The summed E-state index contributed by atoms with van der Waals surface area (Å²) in [6, 6.07) is 0. The minimum absolute atomic E-state index is 0.188. The molecule has 1 amide bonds. The lowest BCUT2D eigenvalue weighted by Crippen LogP contribution is -2.62. The van der Waals surface area contributed by atoms with Gasteiger partial charge in [-0.15, -0.1) is 0 Å². The monoisotopic (exact) mass is 385 g/mol. The highest BCUT2D eigenvalue weighted by Crippen LogP contribution is 2.38. The molecule has 0 saturated carbocycles. The topological polar surface area (TPSA) is 110 Å². The van der Waals surface area contributed by atoms with Crippen LogP contribution in [0, 0.1) is 0 Å². The second-order valence-corrected chi connectivity index (χ2v) is 5.89. The summed E-state index contributed by atoms with van der Waals surface area (Å²) in [4.78, 5) is 23.0. The molecule has 0 radical (unpaired) electrons. The number of likely N-dealkylation sites (N-methyl/N-ethyl adjacent to an activating group) is 1. The van der Waals surface area contributed by atoms with Crippen LogP contribution in [0.3, 0.4) is 0 Å². The van der Waals surface area contributed by atoms with E-state index in [9.17, 15) is 40.0 Å². The minimum Gasteiger partial charge on any atom is -0.412 e. The number of nitrogens with zero attached hydrogens (tertiary/aromatic N) is 1. The van der Waals surface area contributed by atoms with Gasteiger partial charge in [0.25, 0.3) is 0 Å². The van der Waals surface area contributed by atoms with Crippen molar-refractivity contribution in [2.75, 3.05) is 20.7 Å². The van der Waals surface area contributed by atoms with Gasteiger partial charge in [-0.2, -0.15) is 30.4 Å². The van der Waals surface area contributed by atoms with Gasteiger partial charge in [0, 0.05) is 20.2 Å². The van der Waals surface area contributed by atoms with E-state index in [2.05, 4.69) is 16.1 Å². The van der Waals surface area contributed by atoms with Crippen LogP contribution in [0.15, 0.2) is 12.7 Å². The first-order valence-corrected chi connectivity index (χ1v) is 7.08. The maximum absolute atomic E-state index is 13.2. The summed E-state index contributed by atoms with van der Waals surface area (Å²) in [6.45, 7) is 0.143. The van der Waals surface area contributed by atoms with Gasteiger partial charge in [-0.1, -0.05) is 6.58 Å². The second-order valence-electron chi connectivity index (χ2n) is 4.34. The van der Waals surface area contributed by atoms with Gasteiger partial charge in [-0.3, -0.25) is 9.35 Å². The zero-order valence-corrected chi connectivity index (χ0v) is 13.0. The first-order chi connectivity index (χ1) is 10.5. The fraction of sp³-hybridized carbons (Fsp3) is 0.600. The van der Waals surface area contributed by atoms with Gasteiger partial charge in [0.05, 0.1) is 0 Å². The van der Waals surface area contributed by atoms with Crippen LogP contribution < -0.4 is 0 Å². The number of carbonyl (C=O) groups is 2. The Balaban J connectivity index is 6.06. The molecule has 0 saturated heterocycles. The molecular formula is C10H12F5NO7S. The van der Waals surface area contributed by atoms with Gasteiger partial charge in [0.15, 0.2) is 0 Å². The van der Waals surface area contributed by atoms with Crippen molar-refractivity contribution in [1.29, 1.82) is 0 Å². The van der Waals surface area contributed by atoms with E-state index in [4.69, 9.17) is 4.55 Å². The maximum atomic E-state index is 13.2. The van der Waals surface area contributed by atoms with Gasteiger partial charge in [-0.05, 0) is 0 Å². The molecule has 0 aromatic carbocycles. The Hall–Kier alpha value is -1.80. The van der Waals surface area contributed by atoms with Crippen molar-refractivity contribution in [3.63, 3.8) is 0 Å². The molecule has 0 aliphatic heterocycles. The Labute approximate surface area is 132 Å². The van der Waals surface area contributed by atoms with E-state index in [1.165, 1.54) is 0 Å². The number of amides is 1. The Kier molecular flexibility index (Phi) is 6.46. The van der Waals surface area contributed by atoms with Gasteiger partial charge in [-0.25, -0.2) is 4.79 Å². The first-order valence-electron chi connectivity index (χ1n) is 5.64. The minimum atomic E-state index is -6.16. The molecule has 0 heterocycles. The van der Waals surface area contributed by atoms with Crippen LogP contribution in [0.1, 0.15) is 0 Å². The lowest BCUT2D eigenvalue weighted by molar-refractivity contribution is -0.355. The second kappa shape index (κ2) is 6.98. The summed E-state index contributed by atoms with van der Waals surface area (Å²) >= 11 is 0. The molecule has 8 nitrogen and oxygen atoms in total. The molecule has 0 aromatic rings. The number of carbonyl (C=O) groups excluding carboxylic acids is 2. The van der Waals surface area contributed by atoms with Crippen LogP contribution in [0.2, 0.25) is 0 Å².